The van der Waals surface area contributed by atoms with E-state index in [1.807, 2.05) is 19.0 Å². The molecule has 0 spiro atoms. The standard InChI is InChI=1S/C12H20N4O2S/c1-15(2)5-8-3-9(17)6-16(8)12(18)10-7-19-11(4-13)14-10/h7-9,17H,3-6,13H2,1-2H3. The van der Waals surface area contributed by atoms with Gasteiger partial charge in [0.05, 0.1) is 6.10 Å². The number of amides is 1. The molecule has 2 unspecified atom stereocenters. The summed E-state index contributed by atoms with van der Waals surface area (Å²) in [7, 11) is 3.92. The van der Waals surface area contributed by atoms with Gasteiger partial charge in [-0.15, -0.1) is 11.3 Å². The van der Waals surface area contributed by atoms with E-state index >= 15 is 0 Å². The summed E-state index contributed by atoms with van der Waals surface area (Å²) in [4.78, 5) is 20.4. The number of carbonyl (C=O) groups is 1. The van der Waals surface area contributed by atoms with Crippen LogP contribution < -0.4 is 5.73 Å². The van der Waals surface area contributed by atoms with Crippen LogP contribution in [0.3, 0.4) is 0 Å². The van der Waals surface area contributed by atoms with Crippen LogP contribution in [0, 0.1) is 0 Å². The average molecular weight is 284 g/mol. The Hall–Kier alpha value is -1.02. The molecule has 1 fully saturated rings. The summed E-state index contributed by atoms with van der Waals surface area (Å²) in [6, 6.07) is 0.0422. The van der Waals surface area contributed by atoms with E-state index in [0.29, 0.717) is 25.2 Å². The normalized spacial score (nSPS) is 23.3. The predicted molar refractivity (Wildman–Crippen MR) is 74.0 cm³/mol. The fourth-order valence-corrected chi connectivity index (χ4v) is 3.03. The molecule has 106 valence electrons. The minimum Gasteiger partial charge on any atom is -0.391 e. The van der Waals surface area contributed by atoms with Crippen molar-refractivity contribution in [1.82, 2.24) is 14.8 Å². The third kappa shape index (κ3) is 3.30. The molecule has 7 heteroatoms. The highest BCUT2D eigenvalue weighted by Gasteiger charge is 2.35. The molecule has 0 bridgehead atoms. The number of thiazole rings is 1. The summed E-state index contributed by atoms with van der Waals surface area (Å²) in [5.41, 5.74) is 5.94. The molecule has 19 heavy (non-hydrogen) atoms. The number of nitrogens with zero attached hydrogens (tertiary/aromatic N) is 3. The van der Waals surface area contributed by atoms with Gasteiger partial charge in [0, 0.05) is 31.1 Å². The van der Waals surface area contributed by atoms with E-state index in [4.69, 9.17) is 5.73 Å². The monoisotopic (exact) mass is 284 g/mol. The van der Waals surface area contributed by atoms with Crippen LogP contribution in [-0.4, -0.2) is 65.1 Å². The Balaban J connectivity index is 2.11. The van der Waals surface area contributed by atoms with E-state index in [1.54, 1.807) is 10.3 Å². The zero-order valence-electron chi connectivity index (χ0n) is 11.2. The van der Waals surface area contributed by atoms with Crippen molar-refractivity contribution in [3.8, 4) is 0 Å². The summed E-state index contributed by atoms with van der Waals surface area (Å²) in [6.07, 6.45) is 0.180. The maximum absolute atomic E-state index is 12.4. The van der Waals surface area contributed by atoms with Crippen molar-refractivity contribution in [3.63, 3.8) is 0 Å². The van der Waals surface area contributed by atoms with Crippen LogP contribution in [0.2, 0.25) is 0 Å². The molecule has 1 aromatic rings. The number of nitrogens with two attached hydrogens (primary N) is 1. The van der Waals surface area contributed by atoms with Crippen LogP contribution >= 0.6 is 11.3 Å². The lowest BCUT2D eigenvalue weighted by atomic mass is 10.2. The quantitative estimate of drug-likeness (QED) is 0.796. The van der Waals surface area contributed by atoms with Crippen LogP contribution in [0.15, 0.2) is 5.38 Å². The lowest BCUT2D eigenvalue weighted by Crippen LogP contribution is -2.41. The Morgan fingerprint density at radius 3 is 3.00 bits per heavy atom. The minimum absolute atomic E-state index is 0.0422. The van der Waals surface area contributed by atoms with Crippen molar-refractivity contribution in [3.05, 3.63) is 16.1 Å². The second-order valence-corrected chi connectivity index (χ2v) is 6.04. The molecule has 0 radical (unpaired) electrons. The SMILES string of the molecule is CN(C)CC1CC(O)CN1C(=O)c1csc(CN)n1. The number of hydrogen-bond donors (Lipinski definition) is 2. The first-order chi connectivity index (χ1) is 9.01. The Morgan fingerprint density at radius 2 is 2.42 bits per heavy atom. The van der Waals surface area contributed by atoms with E-state index in [9.17, 15) is 9.90 Å². The maximum atomic E-state index is 12.4. The van der Waals surface area contributed by atoms with Gasteiger partial charge in [0.1, 0.15) is 10.7 Å². The summed E-state index contributed by atoms with van der Waals surface area (Å²) in [5.74, 6) is -0.112. The smallest absolute Gasteiger partial charge is 0.273 e. The number of β-amino-alcohol motifs (C(OH)–C–C–N with tert-alkyl or cyclic N) is 1. The van der Waals surface area contributed by atoms with Crippen molar-refractivity contribution >= 4 is 17.2 Å². The molecule has 0 aliphatic carbocycles. The molecular weight excluding hydrogens is 264 g/mol. The molecule has 1 amide bonds. The van der Waals surface area contributed by atoms with Crippen LogP contribution in [-0.2, 0) is 6.54 Å². The Bertz CT molecular complexity index is 449. The van der Waals surface area contributed by atoms with Gasteiger partial charge in [0.25, 0.3) is 5.91 Å². The Labute approximate surface area is 116 Å². The van der Waals surface area contributed by atoms with Gasteiger partial charge in [-0.2, -0.15) is 0 Å². The van der Waals surface area contributed by atoms with Gasteiger partial charge in [0.15, 0.2) is 0 Å². The van der Waals surface area contributed by atoms with Gasteiger partial charge < -0.3 is 20.6 Å². The summed E-state index contributed by atoms with van der Waals surface area (Å²) in [6.45, 7) is 1.48. The number of aromatic nitrogens is 1. The van der Waals surface area contributed by atoms with E-state index in [-0.39, 0.29) is 11.9 Å². The molecule has 2 heterocycles. The molecule has 1 saturated heterocycles. The highest BCUT2D eigenvalue weighted by atomic mass is 32.1. The van der Waals surface area contributed by atoms with Gasteiger partial charge in [-0.25, -0.2) is 4.98 Å². The highest BCUT2D eigenvalue weighted by Crippen LogP contribution is 2.22. The maximum Gasteiger partial charge on any atom is 0.273 e. The third-order valence-electron chi connectivity index (χ3n) is 3.17. The molecular formula is C12H20N4O2S. The van der Waals surface area contributed by atoms with Crippen molar-refractivity contribution in [2.45, 2.75) is 25.1 Å². The van der Waals surface area contributed by atoms with Crippen LogP contribution in [0.5, 0.6) is 0 Å². The topological polar surface area (TPSA) is 82.7 Å². The van der Waals surface area contributed by atoms with Gasteiger partial charge in [0.2, 0.25) is 0 Å². The zero-order chi connectivity index (χ0) is 14.0. The van der Waals surface area contributed by atoms with E-state index in [2.05, 4.69) is 4.98 Å². The number of likely N-dealkylation sites (N-methyl/N-ethyl adjacent to an activating group) is 1. The Morgan fingerprint density at radius 1 is 1.68 bits per heavy atom. The van der Waals surface area contributed by atoms with Crippen molar-refractivity contribution in [2.75, 3.05) is 27.2 Å². The lowest BCUT2D eigenvalue weighted by molar-refractivity contribution is 0.0694. The molecule has 1 aromatic heterocycles. The van der Waals surface area contributed by atoms with Gasteiger partial charge in [-0.3, -0.25) is 4.79 Å². The largest absolute Gasteiger partial charge is 0.391 e. The first kappa shape index (κ1) is 14.4. The van der Waals surface area contributed by atoms with Crippen LogP contribution in [0.4, 0.5) is 0 Å². The summed E-state index contributed by atoms with van der Waals surface area (Å²) >= 11 is 1.40. The average Bonchev–Trinajstić information content (AvgIpc) is 2.94. The fourth-order valence-electron chi connectivity index (χ4n) is 2.39. The van der Waals surface area contributed by atoms with E-state index in [0.717, 1.165) is 11.6 Å². The number of rotatable bonds is 4. The molecule has 1 aliphatic rings. The number of hydrogen-bond acceptors (Lipinski definition) is 6. The van der Waals surface area contributed by atoms with E-state index in [1.165, 1.54) is 11.3 Å². The Kier molecular flexibility index (Phi) is 4.51. The van der Waals surface area contributed by atoms with Crippen LogP contribution in [0.25, 0.3) is 0 Å². The number of aliphatic hydroxyl groups excluding tert-OH is 1. The first-order valence-electron chi connectivity index (χ1n) is 6.29. The third-order valence-corrected chi connectivity index (χ3v) is 4.05. The number of likely N-dealkylation sites (tertiary alicyclic amines) is 1. The van der Waals surface area contributed by atoms with Crippen LogP contribution in [0.1, 0.15) is 21.9 Å². The lowest BCUT2D eigenvalue weighted by Gasteiger charge is -2.26. The summed E-state index contributed by atoms with van der Waals surface area (Å²) in [5, 5.41) is 12.3. The van der Waals surface area contributed by atoms with Gasteiger partial charge in [-0.1, -0.05) is 0 Å². The minimum atomic E-state index is -0.443. The summed E-state index contributed by atoms with van der Waals surface area (Å²) < 4.78 is 0. The van der Waals surface area contributed by atoms with Gasteiger partial charge in [-0.05, 0) is 20.5 Å². The molecule has 2 atom stereocenters. The molecule has 2 rings (SSSR count). The second-order valence-electron chi connectivity index (χ2n) is 5.09. The van der Waals surface area contributed by atoms with Crippen molar-refractivity contribution in [2.24, 2.45) is 5.73 Å². The second kappa shape index (κ2) is 5.96. The first-order valence-corrected chi connectivity index (χ1v) is 7.17. The number of carbonyl (C=O) groups excluding carboxylic acids is 1. The molecule has 1 aliphatic heterocycles. The number of aliphatic hydroxyl groups is 1. The molecule has 6 nitrogen and oxygen atoms in total. The van der Waals surface area contributed by atoms with Gasteiger partial charge >= 0.3 is 0 Å². The van der Waals surface area contributed by atoms with Crippen molar-refractivity contribution < 1.29 is 9.90 Å². The molecule has 3 N–H and O–H groups in total. The van der Waals surface area contributed by atoms with Crippen molar-refractivity contribution in [1.29, 1.82) is 0 Å². The molecule has 0 aromatic carbocycles. The zero-order valence-corrected chi connectivity index (χ0v) is 12.1. The predicted octanol–water partition coefficient (Wildman–Crippen LogP) is -0.261. The van der Waals surface area contributed by atoms with E-state index < -0.39 is 6.10 Å². The fraction of sp³-hybridized carbons (Fsp3) is 0.667. The molecule has 0 saturated carbocycles. The highest BCUT2D eigenvalue weighted by molar-refractivity contribution is 7.09.